The van der Waals surface area contributed by atoms with E-state index in [-0.39, 0.29) is 30.1 Å². The number of piperidine rings is 1. The van der Waals surface area contributed by atoms with E-state index in [1.165, 1.54) is 0 Å². The van der Waals surface area contributed by atoms with Crippen LogP contribution in [0.4, 0.5) is 0 Å². The van der Waals surface area contributed by atoms with Crippen LogP contribution >= 0.6 is 12.4 Å². The average Bonchev–Trinajstić information content (AvgIpc) is 3.10. The summed E-state index contributed by atoms with van der Waals surface area (Å²) in [5.74, 6) is 0.797. The second kappa shape index (κ2) is 9.20. The van der Waals surface area contributed by atoms with Crippen LogP contribution in [0.3, 0.4) is 0 Å². The molecular formula is C19H28ClN3O2. The van der Waals surface area contributed by atoms with Crippen LogP contribution in [0, 0.1) is 11.8 Å². The first-order chi connectivity index (χ1) is 11.7. The molecule has 1 N–H and O–H groups in total. The number of nitrogens with zero attached hydrogens (tertiary/aromatic N) is 2. The van der Waals surface area contributed by atoms with Gasteiger partial charge in [-0.3, -0.25) is 9.59 Å². The molecule has 2 atom stereocenters. The van der Waals surface area contributed by atoms with Gasteiger partial charge in [0, 0.05) is 31.7 Å². The van der Waals surface area contributed by atoms with Gasteiger partial charge in [-0.2, -0.15) is 0 Å². The van der Waals surface area contributed by atoms with Crippen molar-refractivity contribution in [3.05, 3.63) is 35.9 Å². The van der Waals surface area contributed by atoms with Crippen molar-refractivity contribution < 1.29 is 9.59 Å². The largest absolute Gasteiger partial charge is 0.342 e. The number of carbonyl (C=O) groups is 2. The van der Waals surface area contributed by atoms with Gasteiger partial charge in [-0.1, -0.05) is 18.2 Å². The van der Waals surface area contributed by atoms with Crippen LogP contribution in [-0.2, 0) is 4.79 Å². The number of carbonyl (C=O) groups excluding carboxylic acids is 2. The molecule has 0 bridgehead atoms. The van der Waals surface area contributed by atoms with Crippen molar-refractivity contribution >= 4 is 24.2 Å². The Balaban J connectivity index is 0.00000225. The lowest BCUT2D eigenvalue weighted by molar-refractivity contribution is -0.136. The Morgan fingerprint density at radius 2 is 1.84 bits per heavy atom. The Hall–Kier alpha value is -1.59. The summed E-state index contributed by atoms with van der Waals surface area (Å²) >= 11 is 0. The van der Waals surface area contributed by atoms with Gasteiger partial charge in [-0.15, -0.1) is 12.4 Å². The number of amides is 2. The van der Waals surface area contributed by atoms with Crippen LogP contribution in [0.15, 0.2) is 30.3 Å². The van der Waals surface area contributed by atoms with E-state index < -0.39 is 0 Å². The summed E-state index contributed by atoms with van der Waals surface area (Å²) < 4.78 is 0. The van der Waals surface area contributed by atoms with E-state index >= 15 is 0 Å². The molecule has 0 aliphatic carbocycles. The molecule has 2 aliphatic heterocycles. The normalized spacial score (nSPS) is 23.2. The third-order valence-corrected chi connectivity index (χ3v) is 5.17. The third kappa shape index (κ3) is 4.73. The summed E-state index contributed by atoms with van der Waals surface area (Å²) in [5, 5.41) is 3.20. The monoisotopic (exact) mass is 365 g/mol. The maximum Gasteiger partial charge on any atom is 0.253 e. The number of hydrogen-bond acceptors (Lipinski definition) is 3. The highest BCUT2D eigenvalue weighted by Crippen LogP contribution is 2.24. The highest BCUT2D eigenvalue weighted by atomic mass is 35.5. The van der Waals surface area contributed by atoms with E-state index in [1.807, 2.05) is 47.2 Å². The number of nitrogens with one attached hydrogen (secondary N) is 1. The topological polar surface area (TPSA) is 52.7 Å². The van der Waals surface area contributed by atoms with Gasteiger partial charge in [0.25, 0.3) is 5.91 Å². The number of benzene rings is 1. The summed E-state index contributed by atoms with van der Waals surface area (Å²) in [7, 11) is 1.96. The first kappa shape index (κ1) is 19.7. The fourth-order valence-corrected chi connectivity index (χ4v) is 3.87. The van der Waals surface area contributed by atoms with Gasteiger partial charge in [-0.25, -0.2) is 0 Å². The maximum atomic E-state index is 12.8. The zero-order valence-electron chi connectivity index (χ0n) is 14.8. The van der Waals surface area contributed by atoms with Crippen LogP contribution in [0.5, 0.6) is 0 Å². The molecule has 0 radical (unpaired) electrons. The maximum absolute atomic E-state index is 12.8. The highest BCUT2D eigenvalue weighted by molar-refractivity contribution is 5.94. The average molecular weight is 366 g/mol. The first-order valence-corrected chi connectivity index (χ1v) is 8.96. The van der Waals surface area contributed by atoms with E-state index in [2.05, 4.69) is 5.32 Å². The molecule has 2 unspecified atom stereocenters. The molecule has 2 saturated heterocycles. The van der Waals surface area contributed by atoms with E-state index in [9.17, 15) is 9.59 Å². The van der Waals surface area contributed by atoms with Crippen LogP contribution in [-0.4, -0.2) is 61.4 Å². The van der Waals surface area contributed by atoms with Gasteiger partial charge in [0.1, 0.15) is 0 Å². The number of halogens is 1. The van der Waals surface area contributed by atoms with E-state index in [0.29, 0.717) is 18.0 Å². The van der Waals surface area contributed by atoms with Gasteiger partial charge in [0.05, 0.1) is 5.92 Å². The molecule has 6 heteroatoms. The van der Waals surface area contributed by atoms with Crippen LogP contribution in [0.1, 0.15) is 29.6 Å². The number of rotatable bonds is 4. The van der Waals surface area contributed by atoms with E-state index in [0.717, 1.165) is 45.4 Å². The quantitative estimate of drug-likeness (QED) is 0.888. The molecule has 2 aliphatic rings. The fourth-order valence-electron chi connectivity index (χ4n) is 3.87. The van der Waals surface area contributed by atoms with Crippen LogP contribution in [0.2, 0.25) is 0 Å². The van der Waals surface area contributed by atoms with Gasteiger partial charge >= 0.3 is 0 Å². The van der Waals surface area contributed by atoms with Crippen molar-refractivity contribution in [1.82, 2.24) is 15.1 Å². The summed E-state index contributed by atoms with van der Waals surface area (Å²) in [6.45, 7) is 3.98. The van der Waals surface area contributed by atoms with Crippen LogP contribution < -0.4 is 5.32 Å². The molecular weight excluding hydrogens is 338 g/mol. The minimum atomic E-state index is -0.0419. The van der Waals surface area contributed by atoms with Crippen molar-refractivity contribution in [2.45, 2.75) is 19.3 Å². The summed E-state index contributed by atoms with van der Waals surface area (Å²) in [4.78, 5) is 29.3. The third-order valence-electron chi connectivity index (χ3n) is 5.17. The van der Waals surface area contributed by atoms with Crippen molar-refractivity contribution in [2.24, 2.45) is 11.8 Å². The lowest BCUT2D eigenvalue weighted by atomic mass is 9.96. The molecule has 1 aromatic carbocycles. The summed E-state index contributed by atoms with van der Waals surface area (Å²) in [6, 6.07) is 9.36. The van der Waals surface area contributed by atoms with Gasteiger partial charge in [-0.05, 0) is 50.9 Å². The Morgan fingerprint density at radius 1 is 1.08 bits per heavy atom. The molecule has 2 fully saturated rings. The van der Waals surface area contributed by atoms with Crippen molar-refractivity contribution in [1.29, 1.82) is 0 Å². The number of likely N-dealkylation sites (tertiary alicyclic amines) is 2. The Bertz CT molecular complexity index is 581. The van der Waals surface area contributed by atoms with Gasteiger partial charge < -0.3 is 15.1 Å². The molecule has 2 heterocycles. The second-order valence-electron chi connectivity index (χ2n) is 6.95. The molecule has 3 rings (SSSR count). The minimum Gasteiger partial charge on any atom is -0.342 e. The first-order valence-electron chi connectivity index (χ1n) is 8.96. The zero-order valence-corrected chi connectivity index (χ0v) is 15.6. The second-order valence-corrected chi connectivity index (χ2v) is 6.95. The molecule has 1 aromatic rings. The molecule has 0 spiro atoms. The smallest absolute Gasteiger partial charge is 0.253 e. The lowest BCUT2D eigenvalue weighted by Gasteiger charge is -2.34. The summed E-state index contributed by atoms with van der Waals surface area (Å²) in [5.41, 5.74) is 0.709. The Labute approximate surface area is 156 Å². The molecule has 25 heavy (non-hydrogen) atoms. The summed E-state index contributed by atoms with van der Waals surface area (Å²) in [6.07, 6.45) is 2.87. The van der Waals surface area contributed by atoms with Crippen molar-refractivity contribution in [2.75, 3.05) is 39.8 Å². The predicted molar refractivity (Wildman–Crippen MR) is 101 cm³/mol. The molecule has 2 amide bonds. The highest BCUT2D eigenvalue weighted by Gasteiger charge is 2.34. The molecule has 0 saturated carbocycles. The standard InChI is InChI=1S/C19H27N3O2.ClH/c1-20-12-15-9-11-22(13-15)19(24)17-8-5-10-21(14-17)18(23)16-6-3-2-4-7-16;/h2-4,6-7,15,17,20H,5,8-14H2,1H3;1H. The van der Waals surface area contributed by atoms with Gasteiger partial charge in [0.2, 0.25) is 5.91 Å². The Morgan fingerprint density at radius 3 is 2.56 bits per heavy atom. The van der Waals surface area contributed by atoms with E-state index in [1.54, 1.807) is 0 Å². The van der Waals surface area contributed by atoms with Gasteiger partial charge in [0.15, 0.2) is 0 Å². The number of hydrogen-bond donors (Lipinski definition) is 1. The van der Waals surface area contributed by atoms with E-state index in [4.69, 9.17) is 0 Å². The fraction of sp³-hybridized carbons (Fsp3) is 0.579. The molecule has 138 valence electrons. The predicted octanol–water partition coefficient (Wildman–Crippen LogP) is 2.03. The van der Waals surface area contributed by atoms with Crippen LogP contribution in [0.25, 0.3) is 0 Å². The minimum absolute atomic E-state index is 0. The lowest BCUT2D eigenvalue weighted by Crippen LogP contribution is -2.46. The Kier molecular flexibility index (Phi) is 7.26. The van der Waals surface area contributed by atoms with Crippen molar-refractivity contribution in [3.8, 4) is 0 Å². The zero-order chi connectivity index (χ0) is 16.9. The SMILES string of the molecule is CNCC1CCN(C(=O)C2CCCN(C(=O)c3ccccc3)C2)C1.Cl. The molecule has 5 nitrogen and oxygen atoms in total. The van der Waals surface area contributed by atoms with Crippen molar-refractivity contribution in [3.63, 3.8) is 0 Å². The molecule has 0 aromatic heterocycles.